The number of carbonyl (C=O) groups excluding carboxylic acids is 2. The van der Waals surface area contributed by atoms with Crippen LogP contribution < -0.4 is 20.8 Å². The number of aromatic nitrogens is 4. The van der Waals surface area contributed by atoms with Crippen molar-refractivity contribution in [3.05, 3.63) is 81.2 Å². The summed E-state index contributed by atoms with van der Waals surface area (Å²) >= 11 is 0. The number of anilines is 1. The molecule has 2 amide bonds. The van der Waals surface area contributed by atoms with Crippen LogP contribution in [0.1, 0.15) is 65.3 Å². The molecule has 2 aliphatic carbocycles. The number of hydrogen-bond acceptors (Lipinski definition) is 9. The summed E-state index contributed by atoms with van der Waals surface area (Å²) in [5.74, 6) is -2.50. The number of fused-ring (bicyclic) bond motifs is 2. The molecule has 2 fully saturated rings. The lowest BCUT2D eigenvalue weighted by Crippen LogP contribution is -2.51. The van der Waals surface area contributed by atoms with Gasteiger partial charge in [0, 0.05) is 62.8 Å². The van der Waals surface area contributed by atoms with Crippen LogP contribution in [0.15, 0.2) is 52.5 Å². The normalized spacial score (nSPS) is 20.3. The molecule has 2 unspecified atom stereocenters. The zero-order valence-corrected chi connectivity index (χ0v) is 27.0. The number of pyridine rings is 1. The summed E-state index contributed by atoms with van der Waals surface area (Å²) in [5, 5.41) is 18.2. The molecule has 1 saturated carbocycles. The smallest absolute Gasteiger partial charge is 0.341 e. The molecule has 14 nitrogen and oxygen atoms in total. The van der Waals surface area contributed by atoms with Crippen LogP contribution in [0.3, 0.4) is 0 Å². The van der Waals surface area contributed by atoms with Gasteiger partial charge in [0.1, 0.15) is 17.0 Å². The van der Waals surface area contributed by atoms with E-state index >= 15 is 4.39 Å². The largest absolute Gasteiger partial charge is 0.492 e. The zero-order valence-electron chi connectivity index (χ0n) is 27.0. The molecular weight excluding hydrogens is 635 g/mol. The van der Waals surface area contributed by atoms with Crippen molar-refractivity contribution in [1.29, 1.82) is 0 Å². The van der Waals surface area contributed by atoms with E-state index < -0.39 is 34.7 Å². The minimum absolute atomic E-state index is 0.0135. The number of halogens is 1. The average Bonchev–Trinajstić information content (AvgIpc) is 3.76. The second-order valence-electron chi connectivity index (χ2n) is 12.8. The minimum Gasteiger partial charge on any atom is -0.492 e. The Morgan fingerprint density at radius 1 is 1.16 bits per heavy atom. The van der Waals surface area contributed by atoms with E-state index in [0.29, 0.717) is 50.2 Å². The predicted octanol–water partition coefficient (Wildman–Crippen LogP) is 3.11. The van der Waals surface area contributed by atoms with Gasteiger partial charge in [0.15, 0.2) is 17.3 Å². The third-order valence-electron chi connectivity index (χ3n) is 9.62. The molecule has 3 aliphatic rings. The second-order valence-corrected chi connectivity index (χ2v) is 12.8. The van der Waals surface area contributed by atoms with E-state index in [1.165, 1.54) is 13.3 Å². The number of ether oxygens (including phenoxy) is 1. The number of aliphatic imine (C=N–C) groups is 1. The monoisotopic (exact) mass is 670 g/mol. The van der Waals surface area contributed by atoms with Gasteiger partial charge in [-0.15, -0.1) is 5.10 Å². The number of urea groups is 1. The molecule has 0 spiro atoms. The lowest BCUT2D eigenvalue weighted by Gasteiger charge is -2.41. The van der Waals surface area contributed by atoms with Gasteiger partial charge in [-0.25, -0.2) is 14.0 Å². The molecule has 15 heteroatoms. The Morgan fingerprint density at radius 2 is 1.94 bits per heavy atom. The van der Waals surface area contributed by atoms with Gasteiger partial charge in [-0.2, -0.15) is 4.99 Å². The number of aryl methyl sites for hydroxylation is 1. The maximum Gasteiger partial charge on any atom is 0.341 e. The highest BCUT2D eigenvalue weighted by Crippen LogP contribution is 2.44. The van der Waals surface area contributed by atoms with Gasteiger partial charge < -0.3 is 25.0 Å². The Morgan fingerprint density at radius 3 is 2.63 bits per heavy atom. The first-order chi connectivity index (χ1) is 23.5. The maximum atomic E-state index is 15.9. The number of nitrogens with zero attached hydrogens (tertiary/aromatic N) is 7. The number of Topliss-reactive ketones (excluding diaryl/α,β-unsaturated/α-hetero) is 1. The highest BCUT2D eigenvalue weighted by atomic mass is 19.1. The number of aromatic carboxylic acids is 1. The Kier molecular flexibility index (Phi) is 8.22. The summed E-state index contributed by atoms with van der Waals surface area (Å²) in [6, 6.07) is 7.47. The summed E-state index contributed by atoms with van der Waals surface area (Å²) in [4.78, 5) is 57.3. The first-order valence-corrected chi connectivity index (χ1v) is 16.1. The van der Waals surface area contributed by atoms with Crippen LogP contribution in [0.2, 0.25) is 0 Å². The van der Waals surface area contributed by atoms with E-state index in [0.717, 1.165) is 30.2 Å². The van der Waals surface area contributed by atoms with Gasteiger partial charge in [0.25, 0.3) is 0 Å². The van der Waals surface area contributed by atoms with Gasteiger partial charge in [-0.05, 0) is 37.8 Å². The molecular formula is C34H35FN8O6. The van der Waals surface area contributed by atoms with Crippen molar-refractivity contribution in [3.63, 3.8) is 0 Å². The molecule has 2 atom stereocenters. The number of carbonyl (C=O) groups is 3. The van der Waals surface area contributed by atoms with Crippen molar-refractivity contribution in [3.8, 4) is 5.75 Å². The van der Waals surface area contributed by atoms with Crippen LogP contribution in [0.4, 0.5) is 14.9 Å². The van der Waals surface area contributed by atoms with Crippen molar-refractivity contribution in [2.75, 3.05) is 31.6 Å². The third kappa shape index (κ3) is 5.83. The Labute approximate surface area is 279 Å². The maximum absolute atomic E-state index is 15.9. The van der Waals surface area contributed by atoms with Crippen molar-refractivity contribution in [2.24, 2.45) is 10.7 Å². The van der Waals surface area contributed by atoms with Gasteiger partial charge in [0.2, 0.25) is 5.43 Å². The first-order valence-electron chi connectivity index (χ1n) is 16.1. The van der Waals surface area contributed by atoms with Gasteiger partial charge >= 0.3 is 12.0 Å². The van der Waals surface area contributed by atoms with E-state index in [1.54, 1.807) is 21.4 Å². The predicted molar refractivity (Wildman–Crippen MR) is 177 cm³/mol. The molecule has 254 valence electrons. The number of amides is 2. The van der Waals surface area contributed by atoms with E-state index in [-0.39, 0.29) is 40.4 Å². The number of primary amides is 1. The number of benzene rings is 2. The molecule has 2 aromatic heterocycles. The lowest BCUT2D eigenvalue weighted by molar-refractivity contribution is -0.114. The van der Waals surface area contributed by atoms with Crippen LogP contribution in [0, 0.1) is 5.82 Å². The van der Waals surface area contributed by atoms with E-state index in [9.17, 15) is 24.3 Å². The van der Waals surface area contributed by atoms with E-state index in [1.807, 2.05) is 30.2 Å². The van der Waals surface area contributed by atoms with Gasteiger partial charge in [0.05, 0.1) is 29.6 Å². The molecule has 2 aromatic carbocycles. The van der Waals surface area contributed by atoms with Crippen LogP contribution in [-0.2, 0) is 17.9 Å². The quantitative estimate of drug-likeness (QED) is 0.269. The number of carboxylic acids is 1. The fourth-order valence-corrected chi connectivity index (χ4v) is 7.11. The Hall–Kier alpha value is -5.44. The Bertz CT molecular complexity index is 2100. The highest BCUT2D eigenvalue weighted by Gasteiger charge is 2.37. The lowest BCUT2D eigenvalue weighted by atomic mass is 9.97. The molecule has 1 saturated heterocycles. The Balaban J connectivity index is 1.05. The van der Waals surface area contributed by atoms with Crippen LogP contribution >= 0.6 is 0 Å². The van der Waals surface area contributed by atoms with Crippen molar-refractivity contribution in [2.45, 2.75) is 57.3 Å². The van der Waals surface area contributed by atoms with Crippen molar-refractivity contribution >= 4 is 40.1 Å². The number of carboxylic acid groups (broad SMARTS) is 1. The first kappa shape index (κ1) is 32.1. The molecule has 4 aromatic rings. The standard InChI is InChI=1S/C34H35FN8O6/c1-18-14-41(29-26(35)13-24-28(32(29)49-2)43(20-7-8-20)17-25(30(24)44)33(46)47)12-11-40(18)15-19-16-42(39-38-19)10-9-23-21-5-3-4-6-22(21)27(31(23)45)37-34(36)48/h3-6,13,16-18,20,23H,7-12,14-15H2,1-2H3,(H2,36,48)(H,46,47)/b37-27-. The molecule has 49 heavy (non-hydrogen) atoms. The summed E-state index contributed by atoms with van der Waals surface area (Å²) in [7, 11) is 1.43. The number of nitrogens with two attached hydrogens (primary N) is 1. The van der Waals surface area contributed by atoms with Crippen molar-refractivity contribution in [1.82, 2.24) is 24.5 Å². The van der Waals surface area contributed by atoms with Crippen molar-refractivity contribution < 1.29 is 28.6 Å². The number of rotatable bonds is 9. The fourth-order valence-electron chi connectivity index (χ4n) is 7.11. The van der Waals surface area contributed by atoms with Crippen LogP contribution in [0.25, 0.3) is 10.9 Å². The number of hydrogen-bond donors (Lipinski definition) is 2. The topological polar surface area (TPSA) is 178 Å². The molecule has 0 bridgehead atoms. The fraction of sp³-hybridized carbons (Fsp3) is 0.382. The van der Waals surface area contributed by atoms with Crippen LogP contribution in [-0.4, -0.2) is 85.8 Å². The van der Waals surface area contributed by atoms with Gasteiger partial charge in [-0.1, -0.05) is 29.5 Å². The van der Waals surface area contributed by atoms with E-state index in [2.05, 4.69) is 20.2 Å². The third-order valence-corrected chi connectivity index (χ3v) is 9.62. The zero-order chi connectivity index (χ0) is 34.6. The van der Waals surface area contributed by atoms with Crippen LogP contribution in [0.5, 0.6) is 5.75 Å². The molecule has 3 N–H and O–H groups in total. The summed E-state index contributed by atoms with van der Waals surface area (Å²) in [5.41, 5.74) is 7.02. The number of piperazine rings is 1. The average molecular weight is 671 g/mol. The molecule has 7 rings (SSSR count). The van der Waals surface area contributed by atoms with Gasteiger partial charge in [-0.3, -0.25) is 19.2 Å². The molecule has 1 aliphatic heterocycles. The molecule has 0 radical (unpaired) electrons. The summed E-state index contributed by atoms with van der Waals surface area (Å²) < 4.78 is 25.1. The number of methoxy groups -OCH3 is 1. The number of ketones is 1. The minimum atomic E-state index is -1.35. The molecule has 3 heterocycles. The SMILES string of the molecule is COc1c(N2CCN(Cc3cn(CCC4C(=O)/C(=N\C(N)=O)c5ccccc54)nn3)C(C)C2)c(F)cc2c(=O)c(C(=O)O)cn(C3CC3)c12. The highest BCUT2D eigenvalue weighted by molar-refractivity contribution is 6.52. The van der Waals surface area contributed by atoms with E-state index in [4.69, 9.17) is 10.5 Å². The second kappa shape index (κ2) is 12.5. The summed E-state index contributed by atoms with van der Waals surface area (Å²) in [6.07, 6.45) is 5.29. The summed E-state index contributed by atoms with van der Waals surface area (Å²) in [6.45, 7) is 4.48.